The highest BCUT2D eigenvalue weighted by atomic mass is 19.4. The van der Waals surface area contributed by atoms with Gasteiger partial charge in [-0.25, -0.2) is 13.8 Å². The Kier molecular flexibility index (Phi) is 3.65. The molecule has 0 fully saturated rings. The normalized spacial score (nSPS) is 12.0. The minimum absolute atomic E-state index is 0.000851. The minimum atomic E-state index is -4.83. The summed E-state index contributed by atoms with van der Waals surface area (Å²) in [7, 11) is 0. The van der Waals surface area contributed by atoms with E-state index >= 15 is 0 Å². The largest absolute Gasteiger partial charge is 0.434 e. The molecule has 0 aliphatic rings. The first-order valence-corrected chi connectivity index (χ1v) is 7.57. The fraction of sp³-hybridized carbons (Fsp3) is 0.0588. The summed E-state index contributed by atoms with van der Waals surface area (Å²) in [6.45, 7) is 0. The van der Waals surface area contributed by atoms with Crippen LogP contribution >= 0.6 is 0 Å². The fourth-order valence-electron chi connectivity index (χ4n) is 2.83. The van der Waals surface area contributed by atoms with Crippen LogP contribution in [0.4, 0.5) is 27.6 Å². The molecule has 0 saturated heterocycles. The molecule has 4 aromatic rings. The van der Waals surface area contributed by atoms with Crippen molar-refractivity contribution >= 4 is 28.1 Å². The number of hydrogen-bond acceptors (Lipinski definition) is 2. The summed E-state index contributed by atoms with van der Waals surface area (Å²) in [5.74, 6) is -3.38. The molecule has 4 rings (SSSR count). The van der Waals surface area contributed by atoms with Crippen molar-refractivity contribution in [3.63, 3.8) is 0 Å². The topological polar surface area (TPSA) is 62.2 Å². The van der Waals surface area contributed by atoms with Crippen molar-refractivity contribution in [2.75, 3.05) is 5.32 Å². The highest BCUT2D eigenvalue weighted by molar-refractivity contribution is 6.09. The molecule has 0 radical (unpaired) electrons. The van der Waals surface area contributed by atoms with Gasteiger partial charge in [0.05, 0.1) is 11.2 Å². The summed E-state index contributed by atoms with van der Waals surface area (Å²) < 4.78 is 67.9. The first kappa shape index (κ1) is 17.0. The minimum Gasteiger partial charge on any atom is -0.359 e. The van der Waals surface area contributed by atoms with Crippen LogP contribution in [-0.4, -0.2) is 20.3 Å². The highest BCUT2D eigenvalue weighted by Crippen LogP contribution is 2.33. The van der Waals surface area contributed by atoms with Crippen LogP contribution in [0, 0.1) is 11.6 Å². The molecule has 1 amide bonds. The number of pyridine rings is 1. The Morgan fingerprint density at radius 3 is 2.63 bits per heavy atom. The van der Waals surface area contributed by atoms with Crippen LogP contribution in [0.25, 0.3) is 16.6 Å². The molecular weight excluding hydrogens is 371 g/mol. The third-order valence-corrected chi connectivity index (χ3v) is 3.98. The lowest BCUT2D eigenvalue weighted by atomic mass is 10.2. The molecule has 0 saturated carbocycles. The van der Waals surface area contributed by atoms with Gasteiger partial charge in [-0.2, -0.15) is 13.2 Å². The Morgan fingerprint density at radius 2 is 1.89 bits per heavy atom. The number of carbonyl (C=O) groups is 1. The number of halogens is 5. The Morgan fingerprint density at radius 1 is 1.15 bits per heavy atom. The van der Waals surface area contributed by atoms with Crippen molar-refractivity contribution < 1.29 is 26.7 Å². The number of rotatable bonds is 2. The van der Waals surface area contributed by atoms with Gasteiger partial charge in [0, 0.05) is 23.8 Å². The van der Waals surface area contributed by atoms with E-state index in [9.17, 15) is 26.7 Å². The summed E-state index contributed by atoms with van der Waals surface area (Å²) in [5, 5.41) is 2.38. The predicted molar refractivity (Wildman–Crippen MR) is 86.4 cm³/mol. The van der Waals surface area contributed by atoms with Gasteiger partial charge >= 0.3 is 6.18 Å². The van der Waals surface area contributed by atoms with Crippen LogP contribution in [0.2, 0.25) is 0 Å². The average Bonchev–Trinajstić information content (AvgIpc) is 3.17. The van der Waals surface area contributed by atoms with Gasteiger partial charge in [0.15, 0.2) is 23.0 Å². The molecule has 138 valence electrons. The second-order valence-electron chi connectivity index (χ2n) is 5.70. The van der Waals surface area contributed by atoms with E-state index in [-0.39, 0.29) is 22.2 Å². The van der Waals surface area contributed by atoms with E-state index in [0.717, 1.165) is 22.7 Å². The van der Waals surface area contributed by atoms with Crippen LogP contribution in [0.15, 0.2) is 42.7 Å². The lowest BCUT2D eigenvalue weighted by molar-refractivity contribution is -0.142. The maximum absolute atomic E-state index is 13.5. The number of amides is 1. The van der Waals surface area contributed by atoms with E-state index < -0.39 is 35.1 Å². The molecule has 3 aromatic heterocycles. The van der Waals surface area contributed by atoms with E-state index in [4.69, 9.17) is 0 Å². The Bertz CT molecular complexity index is 1190. The van der Waals surface area contributed by atoms with E-state index in [1.807, 2.05) is 0 Å². The third kappa shape index (κ3) is 2.78. The van der Waals surface area contributed by atoms with Gasteiger partial charge in [-0.05, 0) is 18.2 Å². The van der Waals surface area contributed by atoms with Crippen LogP contribution in [0.3, 0.4) is 0 Å². The van der Waals surface area contributed by atoms with E-state index in [1.165, 1.54) is 24.4 Å². The van der Waals surface area contributed by atoms with Crippen molar-refractivity contribution in [1.29, 1.82) is 0 Å². The first-order chi connectivity index (χ1) is 12.8. The van der Waals surface area contributed by atoms with E-state index in [2.05, 4.69) is 15.3 Å². The molecule has 0 atom stereocenters. The zero-order valence-electron chi connectivity index (χ0n) is 13.2. The number of nitrogens with one attached hydrogen (secondary N) is 2. The number of aromatic nitrogens is 3. The van der Waals surface area contributed by atoms with Gasteiger partial charge in [0.1, 0.15) is 5.65 Å². The molecule has 27 heavy (non-hydrogen) atoms. The number of H-pyrrole nitrogens is 1. The zero-order chi connectivity index (χ0) is 19.3. The number of carbonyl (C=O) groups excluding carboxylic acids is 1. The van der Waals surface area contributed by atoms with Crippen molar-refractivity contribution in [2.24, 2.45) is 0 Å². The Labute approximate surface area is 147 Å². The van der Waals surface area contributed by atoms with Gasteiger partial charge in [-0.3, -0.25) is 9.20 Å². The van der Waals surface area contributed by atoms with Crippen LogP contribution in [0.1, 0.15) is 16.2 Å². The molecule has 5 nitrogen and oxygen atoms in total. The quantitative estimate of drug-likeness (QED) is 0.508. The molecule has 1 aromatic carbocycles. The monoisotopic (exact) mass is 380 g/mol. The number of benzene rings is 1. The van der Waals surface area contributed by atoms with Gasteiger partial charge in [0.2, 0.25) is 0 Å². The Balaban J connectivity index is 1.79. The summed E-state index contributed by atoms with van der Waals surface area (Å²) in [4.78, 5) is 18.8. The van der Waals surface area contributed by atoms with Gasteiger partial charge in [-0.15, -0.1) is 0 Å². The summed E-state index contributed by atoms with van der Waals surface area (Å²) in [6.07, 6.45) is -2.46. The Hall–Kier alpha value is -3.43. The molecule has 0 spiro atoms. The number of imidazole rings is 1. The van der Waals surface area contributed by atoms with Gasteiger partial charge in [0.25, 0.3) is 5.91 Å². The number of aromatic amines is 1. The second kappa shape index (κ2) is 5.79. The lowest BCUT2D eigenvalue weighted by Gasteiger charge is -2.09. The first-order valence-electron chi connectivity index (χ1n) is 7.57. The molecule has 2 N–H and O–H groups in total. The zero-order valence-corrected chi connectivity index (χ0v) is 13.2. The highest BCUT2D eigenvalue weighted by Gasteiger charge is 2.40. The average molecular weight is 380 g/mol. The smallest absolute Gasteiger partial charge is 0.359 e. The molecule has 0 aliphatic carbocycles. The van der Waals surface area contributed by atoms with Crippen molar-refractivity contribution in [2.45, 2.75) is 6.18 Å². The molecule has 3 heterocycles. The van der Waals surface area contributed by atoms with Crippen LogP contribution in [0.5, 0.6) is 0 Å². The number of alkyl halides is 3. The van der Waals surface area contributed by atoms with E-state index in [1.54, 1.807) is 0 Å². The van der Waals surface area contributed by atoms with Crippen LogP contribution < -0.4 is 5.32 Å². The third-order valence-electron chi connectivity index (χ3n) is 3.98. The summed E-state index contributed by atoms with van der Waals surface area (Å²) in [6, 6.07) is 5.91. The van der Waals surface area contributed by atoms with E-state index in [0.29, 0.717) is 0 Å². The number of anilines is 1. The molecule has 0 bridgehead atoms. The maximum Gasteiger partial charge on any atom is 0.434 e. The number of hydrogen-bond donors (Lipinski definition) is 2. The summed E-state index contributed by atoms with van der Waals surface area (Å²) >= 11 is 0. The standard InChI is InChI=1S/C17H9F5N4O/c18-9-5-8-11(6-10(9)19)23-7-12(8)24-16(27)14-15(17(20,21)22)26-4-2-1-3-13(26)25-14/h1-7,23H,(H,24,27). The number of fused-ring (bicyclic) bond motifs is 2. The SMILES string of the molecule is O=C(Nc1c[nH]c2cc(F)c(F)cc12)c1nc2ccccn2c1C(F)(F)F. The van der Waals surface area contributed by atoms with Gasteiger partial charge < -0.3 is 10.3 Å². The second-order valence-corrected chi connectivity index (χ2v) is 5.70. The van der Waals surface area contributed by atoms with Crippen LogP contribution in [-0.2, 0) is 6.18 Å². The molecule has 10 heteroatoms. The number of nitrogens with zero attached hydrogens (tertiary/aromatic N) is 2. The van der Waals surface area contributed by atoms with Crippen molar-refractivity contribution in [3.8, 4) is 0 Å². The van der Waals surface area contributed by atoms with Crippen molar-refractivity contribution in [1.82, 2.24) is 14.4 Å². The van der Waals surface area contributed by atoms with Gasteiger partial charge in [-0.1, -0.05) is 6.07 Å². The maximum atomic E-state index is 13.5. The predicted octanol–water partition coefficient (Wildman–Crippen LogP) is 4.36. The lowest BCUT2D eigenvalue weighted by Crippen LogP contribution is -2.19. The summed E-state index contributed by atoms with van der Waals surface area (Å²) in [5.41, 5.74) is -1.94. The molecule has 0 aliphatic heterocycles. The molecule has 0 unspecified atom stereocenters. The molecular formula is C17H9F5N4O. The van der Waals surface area contributed by atoms with Crippen molar-refractivity contribution in [3.05, 3.63) is 65.7 Å². The fourth-order valence-corrected chi connectivity index (χ4v) is 2.83.